The first-order chi connectivity index (χ1) is 17.1. The number of nitrogens with zero attached hydrogens (tertiary/aromatic N) is 1. The fourth-order valence-corrected chi connectivity index (χ4v) is 4.19. The molecule has 2 aromatic carbocycles. The Morgan fingerprint density at radius 3 is 2.58 bits per heavy atom. The van der Waals surface area contributed by atoms with Crippen molar-refractivity contribution < 1.29 is 36.7 Å². The molecule has 11 heteroatoms. The first kappa shape index (κ1) is 25.4. The van der Waals surface area contributed by atoms with E-state index in [0.29, 0.717) is 29.2 Å². The number of rotatable bonds is 8. The SMILES string of the molecule is C/C(=C\CC1SC(=O)NC1=O)c1cccc(OCc2nc(-c3ccc(OC(F)(F)F)cc3)oc2C)c1. The smallest absolute Gasteiger partial charge is 0.487 e. The molecule has 36 heavy (non-hydrogen) atoms. The van der Waals surface area contributed by atoms with E-state index < -0.39 is 11.6 Å². The van der Waals surface area contributed by atoms with E-state index in [1.165, 1.54) is 24.3 Å². The summed E-state index contributed by atoms with van der Waals surface area (Å²) in [6, 6.07) is 12.6. The lowest BCUT2D eigenvalue weighted by atomic mass is 10.1. The Bertz CT molecular complexity index is 1300. The van der Waals surface area contributed by atoms with E-state index in [1.54, 1.807) is 13.0 Å². The molecule has 2 amide bonds. The number of halogens is 3. The summed E-state index contributed by atoms with van der Waals surface area (Å²) in [5.41, 5.74) is 2.89. The number of benzene rings is 2. The number of hydrogen-bond donors (Lipinski definition) is 1. The number of amides is 2. The molecule has 0 saturated carbocycles. The molecule has 4 rings (SSSR count). The van der Waals surface area contributed by atoms with Crippen molar-refractivity contribution in [1.29, 1.82) is 0 Å². The normalized spacial score (nSPS) is 16.2. The Morgan fingerprint density at radius 1 is 1.17 bits per heavy atom. The quantitative estimate of drug-likeness (QED) is 0.376. The van der Waals surface area contributed by atoms with Crippen LogP contribution in [0.3, 0.4) is 0 Å². The van der Waals surface area contributed by atoms with Crippen molar-refractivity contribution in [2.75, 3.05) is 0 Å². The van der Waals surface area contributed by atoms with Crippen LogP contribution >= 0.6 is 11.8 Å². The highest BCUT2D eigenvalue weighted by Gasteiger charge is 2.31. The monoisotopic (exact) mass is 518 g/mol. The van der Waals surface area contributed by atoms with Crippen molar-refractivity contribution in [3.63, 3.8) is 0 Å². The largest absolute Gasteiger partial charge is 0.573 e. The number of nitrogens with one attached hydrogen (secondary N) is 1. The number of allylic oxidation sites excluding steroid dienone is 2. The van der Waals surface area contributed by atoms with E-state index in [9.17, 15) is 22.8 Å². The highest BCUT2D eigenvalue weighted by atomic mass is 32.2. The molecule has 0 aliphatic carbocycles. The number of thioether (sulfide) groups is 1. The average molecular weight is 519 g/mol. The summed E-state index contributed by atoms with van der Waals surface area (Å²) in [7, 11) is 0. The van der Waals surface area contributed by atoms with Crippen molar-refractivity contribution in [2.24, 2.45) is 0 Å². The zero-order valence-electron chi connectivity index (χ0n) is 19.2. The van der Waals surface area contributed by atoms with Crippen LogP contribution in [-0.2, 0) is 11.4 Å². The Balaban J connectivity index is 1.39. The van der Waals surface area contributed by atoms with Crippen LogP contribution in [0.5, 0.6) is 11.5 Å². The predicted octanol–water partition coefficient (Wildman–Crippen LogP) is 6.27. The van der Waals surface area contributed by atoms with Crippen LogP contribution in [0.2, 0.25) is 0 Å². The van der Waals surface area contributed by atoms with Gasteiger partial charge in [-0.1, -0.05) is 30.0 Å². The van der Waals surface area contributed by atoms with Crippen LogP contribution in [0.15, 0.2) is 59.0 Å². The zero-order valence-corrected chi connectivity index (χ0v) is 20.0. The second-order valence-corrected chi connectivity index (χ2v) is 9.09. The molecule has 3 aromatic rings. The van der Waals surface area contributed by atoms with E-state index in [0.717, 1.165) is 22.9 Å². The van der Waals surface area contributed by atoms with Gasteiger partial charge in [0.05, 0.1) is 5.25 Å². The summed E-state index contributed by atoms with van der Waals surface area (Å²) in [4.78, 5) is 27.5. The van der Waals surface area contributed by atoms with Crippen LogP contribution in [0.4, 0.5) is 18.0 Å². The van der Waals surface area contributed by atoms with E-state index in [4.69, 9.17) is 9.15 Å². The second kappa shape index (κ2) is 10.5. The average Bonchev–Trinajstić information content (AvgIpc) is 3.36. The Labute approximate surface area is 208 Å². The third-order valence-corrected chi connectivity index (χ3v) is 6.30. The molecule has 1 aliphatic rings. The number of oxazole rings is 1. The van der Waals surface area contributed by atoms with Gasteiger partial charge in [-0.15, -0.1) is 13.2 Å². The number of carbonyl (C=O) groups is 2. The number of aromatic nitrogens is 1. The molecular formula is C25H21F3N2O5S. The molecule has 188 valence electrons. The summed E-state index contributed by atoms with van der Waals surface area (Å²) in [6.07, 6.45) is -2.42. The molecule has 1 atom stereocenters. The second-order valence-electron chi connectivity index (χ2n) is 7.92. The standard InChI is InChI=1S/C25H21F3N2O5S/c1-14(6-11-21-22(31)30-24(32)36-21)17-4-3-5-19(12-17)33-13-20-15(2)34-23(29-20)16-7-9-18(10-8-16)35-25(26,27)28/h3-10,12,21H,11,13H2,1-2H3,(H,30,31,32)/b14-6+. The number of carbonyl (C=O) groups excluding carboxylic acids is 2. The number of alkyl halides is 3. The third kappa shape index (κ3) is 6.48. The minimum absolute atomic E-state index is 0.123. The van der Waals surface area contributed by atoms with E-state index >= 15 is 0 Å². The van der Waals surface area contributed by atoms with E-state index in [1.807, 2.05) is 31.2 Å². The number of hydrogen-bond acceptors (Lipinski definition) is 7. The summed E-state index contributed by atoms with van der Waals surface area (Å²) < 4.78 is 52.5. The van der Waals surface area contributed by atoms with Gasteiger partial charge in [0.15, 0.2) is 0 Å². The van der Waals surface area contributed by atoms with Gasteiger partial charge in [0, 0.05) is 5.56 Å². The molecule has 1 unspecified atom stereocenters. The van der Waals surface area contributed by atoms with Crippen molar-refractivity contribution >= 4 is 28.5 Å². The molecule has 1 aromatic heterocycles. The topological polar surface area (TPSA) is 90.7 Å². The molecule has 1 aliphatic heterocycles. The number of imide groups is 1. The van der Waals surface area contributed by atoms with Gasteiger partial charge in [0.25, 0.3) is 5.24 Å². The molecule has 0 radical (unpaired) electrons. The van der Waals surface area contributed by atoms with Gasteiger partial charge >= 0.3 is 6.36 Å². The first-order valence-corrected chi connectivity index (χ1v) is 11.7. The van der Waals surface area contributed by atoms with Crippen LogP contribution in [-0.4, -0.2) is 27.7 Å². The van der Waals surface area contributed by atoms with Crippen LogP contribution in [0, 0.1) is 6.92 Å². The Kier molecular flexibility index (Phi) is 7.39. The molecule has 0 bridgehead atoms. The van der Waals surface area contributed by atoms with Crippen LogP contribution in [0.1, 0.15) is 30.4 Å². The fourth-order valence-electron chi connectivity index (χ4n) is 3.42. The highest BCUT2D eigenvalue weighted by Crippen LogP contribution is 2.29. The van der Waals surface area contributed by atoms with Gasteiger partial charge < -0.3 is 13.9 Å². The lowest BCUT2D eigenvalue weighted by Gasteiger charge is -2.08. The van der Waals surface area contributed by atoms with Gasteiger partial charge in [-0.2, -0.15) is 0 Å². The maximum Gasteiger partial charge on any atom is 0.573 e. The molecule has 0 spiro atoms. The van der Waals surface area contributed by atoms with Crippen molar-refractivity contribution in [2.45, 2.75) is 38.5 Å². The van der Waals surface area contributed by atoms with Gasteiger partial charge in [0.2, 0.25) is 11.8 Å². The summed E-state index contributed by atoms with van der Waals surface area (Å²) in [6.45, 7) is 3.76. The Hall–Kier alpha value is -3.73. The maximum absolute atomic E-state index is 12.3. The summed E-state index contributed by atoms with van der Waals surface area (Å²) >= 11 is 0.988. The number of ether oxygens (including phenoxy) is 2. The summed E-state index contributed by atoms with van der Waals surface area (Å²) in [5.74, 6) is 0.764. The molecule has 1 saturated heterocycles. The van der Waals surface area contributed by atoms with Gasteiger partial charge in [-0.05, 0) is 67.8 Å². The van der Waals surface area contributed by atoms with Crippen molar-refractivity contribution in [3.8, 4) is 23.0 Å². The van der Waals surface area contributed by atoms with E-state index in [2.05, 4.69) is 15.0 Å². The van der Waals surface area contributed by atoms with Gasteiger partial charge in [-0.25, -0.2) is 4.98 Å². The number of aryl methyl sites for hydroxylation is 1. The van der Waals surface area contributed by atoms with Gasteiger partial charge in [-0.3, -0.25) is 14.9 Å². The lowest BCUT2D eigenvalue weighted by molar-refractivity contribution is -0.274. The van der Waals surface area contributed by atoms with Crippen molar-refractivity contribution in [3.05, 3.63) is 71.6 Å². The minimum Gasteiger partial charge on any atom is -0.487 e. The molecule has 2 heterocycles. The summed E-state index contributed by atoms with van der Waals surface area (Å²) in [5, 5.41) is 1.52. The van der Waals surface area contributed by atoms with Crippen LogP contribution < -0.4 is 14.8 Å². The third-order valence-electron chi connectivity index (χ3n) is 5.30. The van der Waals surface area contributed by atoms with Crippen molar-refractivity contribution in [1.82, 2.24) is 10.3 Å². The van der Waals surface area contributed by atoms with E-state index in [-0.39, 0.29) is 29.4 Å². The fraction of sp³-hybridized carbons (Fsp3) is 0.240. The maximum atomic E-state index is 12.3. The molecule has 7 nitrogen and oxygen atoms in total. The highest BCUT2D eigenvalue weighted by molar-refractivity contribution is 8.15. The predicted molar refractivity (Wildman–Crippen MR) is 127 cm³/mol. The molecular weight excluding hydrogens is 497 g/mol. The van der Waals surface area contributed by atoms with Crippen LogP contribution in [0.25, 0.3) is 17.0 Å². The zero-order chi connectivity index (χ0) is 25.9. The molecule has 1 N–H and O–H groups in total. The first-order valence-electron chi connectivity index (χ1n) is 10.8. The molecule has 1 fully saturated rings. The lowest BCUT2D eigenvalue weighted by Crippen LogP contribution is -2.23. The van der Waals surface area contributed by atoms with Gasteiger partial charge in [0.1, 0.15) is 29.6 Å². The Morgan fingerprint density at radius 2 is 1.92 bits per heavy atom. The minimum atomic E-state index is -4.76.